The average molecular weight is 347 g/mol. The summed E-state index contributed by atoms with van der Waals surface area (Å²) in [5, 5.41) is 8.04. The molecule has 134 valence electrons. The van der Waals surface area contributed by atoms with E-state index in [4.69, 9.17) is 0 Å². The van der Waals surface area contributed by atoms with Crippen molar-refractivity contribution in [3.8, 4) is 0 Å². The highest BCUT2D eigenvalue weighted by molar-refractivity contribution is 6.26. The van der Waals surface area contributed by atoms with Crippen LogP contribution in [0.2, 0.25) is 0 Å². The van der Waals surface area contributed by atoms with Gasteiger partial charge in [-0.3, -0.25) is 9.80 Å². The van der Waals surface area contributed by atoms with Gasteiger partial charge >= 0.3 is 0 Å². The minimum atomic E-state index is -2.79. The van der Waals surface area contributed by atoms with Crippen LogP contribution in [0.25, 0.3) is 0 Å². The second-order valence-electron chi connectivity index (χ2n) is 7.45. The van der Waals surface area contributed by atoms with E-state index in [-0.39, 0.29) is 11.0 Å². The van der Waals surface area contributed by atoms with Gasteiger partial charge in [-0.25, -0.2) is 8.78 Å². The number of benzene rings is 1. The van der Waals surface area contributed by atoms with Crippen molar-refractivity contribution in [3.05, 3.63) is 41.0 Å². The standard InChI is InChI=1S/C19H23F2N3O/c1-11-10-19(2,3)13-6-5-7-14(15(11)13)22-18(25)12-8-9-24(4)23-16(12)17(20)21/h5-8,11,17H,9-10H2,1-4H3,(H,22,25). The van der Waals surface area contributed by atoms with Crippen molar-refractivity contribution < 1.29 is 13.6 Å². The van der Waals surface area contributed by atoms with E-state index in [1.807, 2.05) is 12.1 Å². The number of anilines is 1. The molecule has 3 rings (SSSR count). The van der Waals surface area contributed by atoms with Gasteiger partial charge in [0.05, 0.1) is 12.1 Å². The molecule has 0 saturated heterocycles. The number of nitrogens with zero attached hydrogens (tertiary/aromatic N) is 2. The summed E-state index contributed by atoms with van der Waals surface area (Å²) in [6, 6.07) is 5.82. The lowest BCUT2D eigenvalue weighted by Crippen LogP contribution is -2.32. The van der Waals surface area contributed by atoms with Crippen LogP contribution in [-0.4, -0.2) is 36.6 Å². The Morgan fingerprint density at radius 3 is 2.80 bits per heavy atom. The normalized spacial score (nSPS) is 21.7. The number of rotatable bonds is 3. The van der Waals surface area contributed by atoms with Crippen molar-refractivity contribution in [1.82, 2.24) is 5.01 Å². The first-order valence-electron chi connectivity index (χ1n) is 8.44. The zero-order valence-corrected chi connectivity index (χ0v) is 14.9. The third-order valence-corrected chi connectivity index (χ3v) is 4.96. The second kappa shape index (κ2) is 6.24. The fourth-order valence-electron chi connectivity index (χ4n) is 3.94. The molecule has 1 aromatic carbocycles. The van der Waals surface area contributed by atoms with Crippen LogP contribution in [-0.2, 0) is 10.2 Å². The quantitative estimate of drug-likeness (QED) is 0.901. The van der Waals surface area contributed by atoms with Crippen molar-refractivity contribution >= 4 is 17.3 Å². The van der Waals surface area contributed by atoms with E-state index in [1.165, 1.54) is 16.6 Å². The third kappa shape index (κ3) is 3.17. The number of nitrogens with one attached hydrogen (secondary N) is 1. The molecule has 1 aromatic rings. The molecule has 4 nitrogen and oxygen atoms in total. The number of fused-ring (bicyclic) bond motifs is 1. The van der Waals surface area contributed by atoms with Crippen molar-refractivity contribution in [2.45, 2.75) is 45.0 Å². The van der Waals surface area contributed by atoms with Crippen LogP contribution in [0.5, 0.6) is 0 Å². The fraction of sp³-hybridized carbons (Fsp3) is 0.474. The molecule has 1 unspecified atom stereocenters. The smallest absolute Gasteiger partial charge is 0.282 e. The van der Waals surface area contributed by atoms with E-state index in [9.17, 15) is 13.6 Å². The molecule has 1 heterocycles. The summed E-state index contributed by atoms with van der Waals surface area (Å²) in [7, 11) is 1.60. The topological polar surface area (TPSA) is 44.7 Å². The Hall–Kier alpha value is -2.24. The lowest BCUT2D eigenvalue weighted by Gasteiger charge is -2.22. The third-order valence-electron chi connectivity index (χ3n) is 4.96. The number of carbonyl (C=O) groups excluding carboxylic acids is 1. The predicted octanol–water partition coefficient (Wildman–Crippen LogP) is 3.90. The molecule has 1 aliphatic heterocycles. The summed E-state index contributed by atoms with van der Waals surface area (Å²) >= 11 is 0. The monoisotopic (exact) mass is 347 g/mol. The maximum atomic E-state index is 13.2. The lowest BCUT2D eigenvalue weighted by molar-refractivity contribution is -0.112. The van der Waals surface area contributed by atoms with Crippen molar-refractivity contribution in [2.75, 3.05) is 18.9 Å². The van der Waals surface area contributed by atoms with Gasteiger partial charge in [-0.05, 0) is 41.0 Å². The SMILES string of the molecule is CC1CC(C)(C)c2cccc(NC(=O)C3=CCN(C)N=C3C(F)F)c21. The van der Waals surface area contributed by atoms with Crippen LogP contribution >= 0.6 is 0 Å². The van der Waals surface area contributed by atoms with Crippen molar-refractivity contribution in [3.63, 3.8) is 0 Å². The molecule has 25 heavy (non-hydrogen) atoms. The molecule has 1 amide bonds. The molecule has 0 fully saturated rings. The molecule has 0 spiro atoms. The lowest BCUT2D eigenvalue weighted by atomic mass is 9.86. The van der Waals surface area contributed by atoms with Gasteiger partial charge in [0.2, 0.25) is 0 Å². The van der Waals surface area contributed by atoms with Crippen LogP contribution in [0.4, 0.5) is 14.5 Å². The van der Waals surface area contributed by atoms with Crippen LogP contribution in [0.3, 0.4) is 0 Å². The van der Waals surface area contributed by atoms with E-state index in [0.717, 1.165) is 12.0 Å². The van der Waals surface area contributed by atoms with Gasteiger partial charge in [-0.1, -0.05) is 32.9 Å². The minimum Gasteiger partial charge on any atom is -0.322 e. The molecule has 0 radical (unpaired) electrons. The summed E-state index contributed by atoms with van der Waals surface area (Å²) in [5.74, 6) is -0.228. The first kappa shape index (κ1) is 17.6. The number of hydrogen-bond donors (Lipinski definition) is 1. The van der Waals surface area contributed by atoms with Gasteiger partial charge < -0.3 is 5.32 Å². The molecule has 6 heteroatoms. The Labute approximate surface area is 146 Å². The average Bonchev–Trinajstić information content (AvgIpc) is 2.77. The number of hydrogen-bond acceptors (Lipinski definition) is 3. The molecular formula is C19H23F2N3O. The van der Waals surface area contributed by atoms with Crippen LogP contribution in [0.15, 0.2) is 34.9 Å². The van der Waals surface area contributed by atoms with Crippen LogP contribution in [0, 0.1) is 0 Å². The maximum Gasteiger partial charge on any atom is 0.282 e. The Kier molecular flexibility index (Phi) is 4.39. The van der Waals surface area contributed by atoms with Crippen molar-refractivity contribution in [2.24, 2.45) is 5.10 Å². The second-order valence-corrected chi connectivity index (χ2v) is 7.45. The van der Waals surface area contributed by atoms with Gasteiger partial charge in [0, 0.05) is 12.7 Å². The highest BCUT2D eigenvalue weighted by Gasteiger charge is 2.36. The Morgan fingerprint density at radius 1 is 1.40 bits per heavy atom. The first-order valence-corrected chi connectivity index (χ1v) is 8.44. The van der Waals surface area contributed by atoms with Gasteiger partial charge in [-0.15, -0.1) is 0 Å². The fourth-order valence-corrected chi connectivity index (χ4v) is 3.94. The van der Waals surface area contributed by atoms with Gasteiger partial charge in [0.1, 0.15) is 5.71 Å². The largest absolute Gasteiger partial charge is 0.322 e. The molecule has 0 bridgehead atoms. The van der Waals surface area contributed by atoms with E-state index in [2.05, 4.69) is 37.3 Å². The number of hydrazone groups is 1. The molecule has 2 aliphatic rings. The molecule has 1 atom stereocenters. The maximum absolute atomic E-state index is 13.2. The van der Waals surface area contributed by atoms with Gasteiger partial charge in [-0.2, -0.15) is 5.10 Å². The predicted molar refractivity (Wildman–Crippen MR) is 95.3 cm³/mol. The molecule has 0 aromatic heterocycles. The summed E-state index contributed by atoms with van der Waals surface area (Å²) in [6.07, 6.45) is -0.300. The number of likely N-dealkylation sites (N-methyl/N-ethyl adjacent to an activating group) is 1. The van der Waals surface area contributed by atoms with Crippen molar-refractivity contribution in [1.29, 1.82) is 0 Å². The molecule has 1 N–H and O–H groups in total. The first-order chi connectivity index (χ1) is 11.7. The summed E-state index contributed by atoms with van der Waals surface area (Å²) in [5.41, 5.74) is 2.53. The number of carbonyl (C=O) groups is 1. The minimum absolute atomic E-state index is 0.0396. The Balaban J connectivity index is 1.91. The summed E-state index contributed by atoms with van der Waals surface area (Å²) < 4.78 is 26.5. The zero-order chi connectivity index (χ0) is 18.4. The van der Waals surface area contributed by atoms with Crippen LogP contribution < -0.4 is 5.32 Å². The van der Waals surface area contributed by atoms with Gasteiger partial charge in [0.25, 0.3) is 12.3 Å². The zero-order valence-electron chi connectivity index (χ0n) is 14.9. The highest BCUT2D eigenvalue weighted by Crippen LogP contribution is 2.48. The molecular weight excluding hydrogens is 324 g/mol. The van der Waals surface area contributed by atoms with E-state index >= 15 is 0 Å². The highest BCUT2D eigenvalue weighted by atomic mass is 19.3. The summed E-state index contributed by atoms with van der Waals surface area (Å²) in [6.45, 7) is 6.82. The molecule has 1 aliphatic carbocycles. The van der Waals surface area contributed by atoms with E-state index in [1.54, 1.807) is 7.05 Å². The Bertz CT molecular complexity index is 768. The Morgan fingerprint density at radius 2 is 2.12 bits per heavy atom. The summed E-state index contributed by atoms with van der Waals surface area (Å²) in [4.78, 5) is 12.6. The van der Waals surface area contributed by atoms with Crippen LogP contribution in [0.1, 0.15) is 44.2 Å². The number of amides is 1. The van der Waals surface area contributed by atoms with E-state index in [0.29, 0.717) is 18.2 Å². The molecule has 0 saturated carbocycles. The van der Waals surface area contributed by atoms with E-state index < -0.39 is 18.0 Å². The number of alkyl halides is 2. The van der Waals surface area contributed by atoms with Gasteiger partial charge in [0.15, 0.2) is 0 Å². The number of halogens is 2.